The van der Waals surface area contributed by atoms with Crippen LogP contribution in [0.15, 0.2) is 48.5 Å². The Hall–Kier alpha value is -3.00. The van der Waals surface area contributed by atoms with Crippen molar-refractivity contribution in [3.8, 4) is 0 Å². The summed E-state index contributed by atoms with van der Waals surface area (Å²) >= 11 is 5.15. The van der Waals surface area contributed by atoms with Gasteiger partial charge in [0.05, 0.1) is 18.8 Å². The van der Waals surface area contributed by atoms with Crippen LogP contribution in [0, 0.1) is 0 Å². The first-order chi connectivity index (χ1) is 12.6. The summed E-state index contributed by atoms with van der Waals surface area (Å²) in [7, 11) is 1.55. The molecule has 26 heavy (non-hydrogen) atoms. The number of hydrogen-bond donors (Lipinski definition) is 4. The van der Waals surface area contributed by atoms with Crippen LogP contribution in [0.3, 0.4) is 0 Å². The molecule has 0 aliphatic heterocycles. The van der Waals surface area contributed by atoms with Gasteiger partial charge in [0.25, 0.3) is 5.91 Å². The maximum atomic E-state index is 11.8. The molecule has 0 aliphatic carbocycles. The highest BCUT2D eigenvalue weighted by molar-refractivity contribution is 7.80. The summed E-state index contributed by atoms with van der Waals surface area (Å²) in [4.78, 5) is 27.6. The Kier molecular flexibility index (Phi) is 7.50. The molecule has 1 aromatic carbocycles. The fraction of sp³-hybridized carbons (Fsp3) is 0.222. The molecule has 0 saturated heterocycles. The summed E-state index contributed by atoms with van der Waals surface area (Å²) in [5.41, 5.74) is 2.04. The fourth-order valence-electron chi connectivity index (χ4n) is 2.09. The van der Waals surface area contributed by atoms with Crippen LogP contribution >= 0.6 is 12.2 Å². The number of carbonyl (C=O) groups is 2. The van der Waals surface area contributed by atoms with Gasteiger partial charge in [-0.25, -0.2) is 4.98 Å². The molecule has 0 saturated carbocycles. The van der Waals surface area contributed by atoms with Crippen molar-refractivity contribution in [3.63, 3.8) is 0 Å². The molecule has 1 heterocycles. The van der Waals surface area contributed by atoms with Gasteiger partial charge in [-0.05, 0) is 29.9 Å². The van der Waals surface area contributed by atoms with E-state index in [2.05, 4.69) is 26.3 Å². The summed E-state index contributed by atoms with van der Waals surface area (Å²) < 4.78 is 0. The Bertz CT molecular complexity index is 767. The van der Waals surface area contributed by atoms with E-state index in [0.29, 0.717) is 29.6 Å². The highest BCUT2D eigenvalue weighted by Crippen LogP contribution is 1.99. The van der Waals surface area contributed by atoms with Crippen LogP contribution in [0.5, 0.6) is 0 Å². The molecule has 2 amide bonds. The van der Waals surface area contributed by atoms with E-state index in [9.17, 15) is 9.59 Å². The Morgan fingerprint density at radius 2 is 1.73 bits per heavy atom. The zero-order chi connectivity index (χ0) is 18.8. The van der Waals surface area contributed by atoms with Crippen LogP contribution < -0.4 is 21.3 Å². The summed E-state index contributed by atoms with van der Waals surface area (Å²) in [5, 5.41) is 11.5. The van der Waals surface area contributed by atoms with Crippen molar-refractivity contribution in [1.29, 1.82) is 0 Å². The Morgan fingerprint density at radius 1 is 0.962 bits per heavy atom. The van der Waals surface area contributed by atoms with E-state index >= 15 is 0 Å². The molecule has 7 nitrogen and oxygen atoms in total. The molecular formula is C18H21N5O2S. The molecule has 8 heteroatoms. The molecule has 2 aromatic rings. The smallest absolute Gasteiger partial charge is 0.269 e. The highest BCUT2D eigenvalue weighted by atomic mass is 32.1. The first kappa shape index (κ1) is 19.3. The third-order valence-corrected chi connectivity index (χ3v) is 3.73. The fourth-order valence-corrected chi connectivity index (χ4v) is 2.23. The minimum Gasteiger partial charge on any atom is -0.357 e. The van der Waals surface area contributed by atoms with E-state index in [4.69, 9.17) is 12.2 Å². The SMILES string of the molecule is CNC(=O)c1cccc(CNC(=S)NCC(=O)NCc2ccccc2)n1. The van der Waals surface area contributed by atoms with Crippen molar-refractivity contribution in [1.82, 2.24) is 26.3 Å². The Balaban J connectivity index is 1.70. The van der Waals surface area contributed by atoms with Crippen molar-refractivity contribution in [2.75, 3.05) is 13.6 Å². The highest BCUT2D eigenvalue weighted by Gasteiger charge is 2.06. The Morgan fingerprint density at radius 3 is 2.46 bits per heavy atom. The van der Waals surface area contributed by atoms with Gasteiger partial charge in [0.15, 0.2) is 5.11 Å². The van der Waals surface area contributed by atoms with Crippen molar-refractivity contribution in [2.24, 2.45) is 0 Å². The first-order valence-electron chi connectivity index (χ1n) is 8.09. The van der Waals surface area contributed by atoms with Crippen LogP contribution in [0.25, 0.3) is 0 Å². The molecule has 2 rings (SSSR count). The van der Waals surface area contributed by atoms with E-state index < -0.39 is 0 Å². The Labute approximate surface area is 157 Å². The van der Waals surface area contributed by atoms with Gasteiger partial charge in [0, 0.05) is 13.6 Å². The van der Waals surface area contributed by atoms with Crippen molar-refractivity contribution in [2.45, 2.75) is 13.1 Å². The number of amides is 2. The minimum atomic E-state index is -0.248. The normalized spacial score (nSPS) is 9.88. The molecule has 0 bridgehead atoms. The van der Waals surface area contributed by atoms with E-state index in [1.165, 1.54) is 0 Å². The largest absolute Gasteiger partial charge is 0.357 e. The van der Waals surface area contributed by atoms with Gasteiger partial charge in [-0.15, -0.1) is 0 Å². The number of aromatic nitrogens is 1. The molecule has 136 valence electrons. The van der Waals surface area contributed by atoms with Crippen LogP contribution in [0.4, 0.5) is 0 Å². The van der Waals surface area contributed by atoms with Gasteiger partial charge in [0.2, 0.25) is 5.91 Å². The zero-order valence-corrected chi connectivity index (χ0v) is 15.2. The predicted octanol–water partition coefficient (Wildman–Crippen LogP) is 0.722. The molecule has 0 fully saturated rings. The monoisotopic (exact) mass is 371 g/mol. The molecule has 4 N–H and O–H groups in total. The van der Waals surface area contributed by atoms with Crippen LogP contribution in [-0.4, -0.2) is 35.5 Å². The maximum Gasteiger partial charge on any atom is 0.269 e. The molecule has 0 unspecified atom stereocenters. The van der Waals surface area contributed by atoms with Crippen molar-refractivity contribution in [3.05, 3.63) is 65.5 Å². The second-order valence-corrected chi connectivity index (χ2v) is 5.80. The lowest BCUT2D eigenvalue weighted by molar-refractivity contribution is -0.120. The standard InChI is InChI=1S/C18H21N5O2S/c1-19-17(25)15-9-5-8-14(23-15)11-21-18(26)22-12-16(24)20-10-13-6-3-2-4-7-13/h2-9H,10-12H2,1H3,(H,19,25)(H,20,24)(H2,21,22,26). The topological polar surface area (TPSA) is 95.2 Å². The van der Waals surface area contributed by atoms with E-state index in [0.717, 1.165) is 5.56 Å². The molecule has 0 spiro atoms. The number of nitrogens with one attached hydrogen (secondary N) is 4. The van der Waals surface area contributed by atoms with Gasteiger partial charge >= 0.3 is 0 Å². The summed E-state index contributed by atoms with van der Waals surface area (Å²) in [6.45, 7) is 0.893. The van der Waals surface area contributed by atoms with Crippen molar-refractivity contribution < 1.29 is 9.59 Å². The number of carbonyl (C=O) groups excluding carboxylic acids is 2. The van der Waals surface area contributed by atoms with Crippen LogP contribution in [0.2, 0.25) is 0 Å². The third kappa shape index (κ3) is 6.48. The first-order valence-corrected chi connectivity index (χ1v) is 8.49. The van der Waals surface area contributed by atoms with E-state index in [1.807, 2.05) is 30.3 Å². The lowest BCUT2D eigenvalue weighted by Gasteiger charge is -2.11. The van der Waals surface area contributed by atoms with E-state index in [1.54, 1.807) is 25.2 Å². The third-order valence-electron chi connectivity index (χ3n) is 3.44. The maximum absolute atomic E-state index is 11.8. The number of hydrogen-bond acceptors (Lipinski definition) is 4. The molecule has 0 aliphatic rings. The average molecular weight is 371 g/mol. The number of pyridine rings is 1. The van der Waals surface area contributed by atoms with Gasteiger partial charge in [-0.3, -0.25) is 9.59 Å². The van der Waals surface area contributed by atoms with Crippen LogP contribution in [0.1, 0.15) is 21.7 Å². The second kappa shape index (κ2) is 10.1. The van der Waals surface area contributed by atoms with Crippen molar-refractivity contribution >= 4 is 29.1 Å². The summed E-state index contributed by atoms with van der Waals surface area (Å²) in [5.74, 6) is -0.402. The summed E-state index contributed by atoms with van der Waals surface area (Å²) in [6, 6.07) is 14.8. The minimum absolute atomic E-state index is 0.0738. The average Bonchev–Trinajstić information content (AvgIpc) is 2.69. The number of benzene rings is 1. The lowest BCUT2D eigenvalue weighted by Crippen LogP contribution is -2.41. The zero-order valence-electron chi connectivity index (χ0n) is 14.4. The molecule has 0 atom stereocenters. The lowest BCUT2D eigenvalue weighted by atomic mass is 10.2. The van der Waals surface area contributed by atoms with Gasteiger partial charge in [-0.1, -0.05) is 36.4 Å². The number of nitrogens with zero attached hydrogens (tertiary/aromatic N) is 1. The quantitative estimate of drug-likeness (QED) is 0.536. The molecule has 1 aromatic heterocycles. The van der Waals surface area contributed by atoms with Gasteiger partial charge in [0.1, 0.15) is 5.69 Å². The van der Waals surface area contributed by atoms with Crippen LogP contribution in [-0.2, 0) is 17.9 Å². The predicted molar refractivity (Wildman–Crippen MR) is 103 cm³/mol. The second-order valence-electron chi connectivity index (χ2n) is 5.39. The summed E-state index contributed by atoms with van der Waals surface area (Å²) in [6.07, 6.45) is 0. The van der Waals surface area contributed by atoms with Gasteiger partial charge < -0.3 is 21.3 Å². The number of thiocarbonyl (C=S) groups is 1. The molecule has 0 radical (unpaired) electrons. The number of rotatable bonds is 7. The van der Waals surface area contributed by atoms with Gasteiger partial charge in [-0.2, -0.15) is 0 Å². The molecular weight excluding hydrogens is 350 g/mol. The van der Waals surface area contributed by atoms with E-state index in [-0.39, 0.29) is 18.4 Å².